The second kappa shape index (κ2) is 13.7. The molecule has 0 bridgehead atoms. The smallest absolute Gasteiger partial charge is 0.249 e. The summed E-state index contributed by atoms with van der Waals surface area (Å²) in [6, 6.07) is 10.3. The van der Waals surface area contributed by atoms with Crippen molar-refractivity contribution in [3.8, 4) is 11.4 Å². The lowest BCUT2D eigenvalue weighted by Gasteiger charge is -2.20. The Kier molecular flexibility index (Phi) is 11.7. The van der Waals surface area contributed by atoms with Crippen molar-refractivity contribution < 1.29 is 48.2 Å². The number of H-pyrrole nitrogens is 1. The van der Waals surface area contributed by atoms with E-state index in [-0.39, 0.29) is 50.9 Å². The van der Waals surface area contributed by atoms with E-state index in [0.717, 1.165) is 0 Å². The van der Waals surface area contributed by atoms with Gasteiger partial charge in [0.2, 0.25) is 12.7 Å². The summed E-state index contributed by atoms with van der Waals surface area (Å²) in [7, 11) is 0. The molecule has 0 saturated carbocycles. The topological polar surface area (TPSA) is 53.6 Å². The van der Waals surface area contributed by atoms with Gasteiger partial charge in [0.05, 0.1) is 23.1 Å². The zero-order valence-corrected chi connectivity index (χ0v) is 31.2. The molecule has 0 aliphatic carbocycles. The molecule has 43 heavy (non-hydrogen) atoms. The van der Waals surface area contributed by atoms with E-state index >= 15 is 0 Å². The predicted octanol–water partition coefficient (Wildman–Crippen LogP) is 1.63. The van der Waals surface area contributed by atoms with Crippen molar-refractivity contribution in [3.63, 3.8) is 0 Å². The summed E-state index contributed by atoms with van der Waals surface area (Å²) in [4.78, 5) is 3.89. The number of hydrogen-bond donors (Lipinski definition) is 2. The van der Waals surface area contributed by atoms with Gasteiger partial charge in [-0.15, -0.1) is 0 Å². The molecule has 2 N–H and O–H groups in total. The summed E-state index contributed by atoms with van der Waals surface area (Å²) in [5.74, 6) is 0. The van der Waals surface area contributed by atoms with E-state index in [9.17, 15) is 0 Å². The zero-order chi connectivity index (χ0) is 30.4. The van der Waals surface area contributed by atoms with Crippen molar-refractivity contribution in [2.45, 2.75) is 112 Å². The van der Waals surface area contributed by atoms with Crippen molar-refractivity contribution in [1.82, 2.24) is 14.1 Å². The first kappa shape index (κ1) is 36.8. The number of aliphatic hydroxyl groups is 1. The van der Waals surface area contributed by atoms with Crippen molar-refractivity contribution in [2.24, 2.45) is 0 Å². The number of fused-ring (bicyclic) bond motifs is 3. The van der Waals surface area contributed by atoms with Crippen molar-refractivity contribution in [2.75, 3.05) is 0 Å². The summed E-state index contributed by atoms with van der Waals surface area (Å²) in [6.07, 6.45) is 12.9. The minimum atomic E-state index is -0.167. The number of aliphatic hydroxyl groups excluding tert-OH is 1. The molecule has 0 fully saturated rings. The third-order valence-corrected chi connectivity index (χ3v) is 7.57. The van der Waals surface area contributed by atoms with E-state index in [0.29, 0.717) is 12.1 Å². The predicted molar refractivity (Wildman–Crippen MR) is 170 cm³/mol. The number of hydrogen-bond acceptors (Lipinski definition) is 1. The van der Waals surface area contributed by atoms with Crippen molar-refractivity contribution in [1.29, 1.82) is 0 Å². The second-order valence-corrected chi connectivity index (χ2v) is 14.3. The molecule has 0 amide bonds. The maximum absolute atomic E-state index is 8.06. The molecule has 6 nitrogen and oxygen atoms in total. The Hall–Kier alpha value is -2.42. The van der Waals surface area contributed by atoms with Crippen LogP contribution in [-0.4, -0.2) is 25.3 Å². The lowest BCUT2D eigenvalue weighted by atomic mass is 9.84. The summed E-state index contributed by atoms with van der Waals surface area (Å²) in [6.45, 7) is 26.1. The van der Waals surface area contributed by atoms with E-state index in [1.807, 2.05) is 0 Å². The largest absolute Gasteiger partial charge is 1.00 e. The Morgan fingerprint density at radius 2 is 0.953 bits per heavy atom. The van der Waals surface area contributed by atoms with Crippen LogP contribution in [0.15, 0.2) is 61.7 Å². The molecule has 5 aromatic rings. The summed E-state index contributed by atoms with van der Waals surface area (Å²) < 4.78 is 9.04. The van der Waals surface area contributed by atoms with Gasteiger partial charge in [-0.2, -0.15) is 0 Å². The number of nitrogens with one attached hydrogen (secondary N) is 1. The van der Waals surface area contributed by atoms with Crippen LogP contribution in [0.1, 0.15) is 106 Å². The quantitative estimate of drug-likeness (QED) is 0.273. The van der Waals surface area contributed by atoms with E-state index in [1.54, 1.807) is 13.8 Å². The third kappa shape index (κ3) is 8.00. The SMILES string of the molecule is CC(C)O.CC(C)[n+]1ccn(-c2cc(C(C)(C)C)cc3c2[nH]c2c(-n4cc[n+](C(C)C)c4)cc(C(C)(C)C)cc23)c1.[Br-].[Br-]. The number of rotatable bonds is 4. The Morgan fingerprint density at radius 1 is 0.628 bits per heavy atom. The number of nitrogens with zero attached hydrogens (tertiary/aromatic N) is 4. The molecule has 8 heteroatoms. The fourth-order valence-electron chi connectivity index (χ4n) is 4.97. The number of benzene rings is 2. The molecule has 236 valence electrons. The minimum absolute atomic E-state index is 0. The van der Waals surface area contributed by atoms with Crippen LogP contribution in [-0.2, 0) is 10.8 Å². The van der Waals surface area contributed by atoms with Crippen LogP contribution >= 0.6 is 0 Å². The van der Waals surface area contributed by atoms with Crippen LogP contribution in [0.5, 0.6) is 0 Å². The van der Waals surface area contributed by atoms with Crippen LogP contribution < -0.4 is 43.1 Å². The van der Waals surface area contributed by atoms with E-state index in [4.69, 9.17) is 5.11 Å². The van der Waals surface area contributed by atoms with E-state index in [1.165, 1.54) is 44.3 Å². The van der Waals surface area contributed by atoms with Crippen LogP contribution in [0.3, 0.4) is 0 Å². The molecule has 3 aromatic heterocycles. The number of imidazole rings is 2. The average molecular weight is 718 g/mol. The van der Waals surface area contributed by atoms with Crippen molar-refractivity contribution in [3.05, 3.63) is 72.8 Å². The highest BCUT2D eigenvalue weighted by molar-refractivity contribution is 6.12. The number of aromatic amines is 1. The third-order valence-electron chi connectivity index (χ3n) is 7.57. The van der Waals surface area contributed by atoms with Crippen LogP contribution in [0.4, 0.5) is 0 Å². The van der Waals surface area contributed by atoms with Crippen LogP contribution in [0, 0.1) is 0 Å². The van der Waals surface area contributed by atoms with Gasteiger partial charge in [-0.05, 0) is 87.8 Å². The van der Waals surface area contributed by atoms with Gasteiger partial charge in [-0.3, -0.25) is 0 Å². The molecule has 0 atom stereocenters. The Bertz CT molecular complexity index is 1540. The van der Waals surface area contributed by atoms with Crippen molar-refractivity contribution >= 4 is 21.8 Å². The molecule has 3 heterocycles. The van der Waals surface area contributed by atoms with Gasteiger partial charge in [0.15, 0.2) is 11.4 Å². The Labute approximate surface area is 279 Å². The maximum atomic E-state index is 8.06. The first-order valence-corrected chi connectivity index (χ1v) is 15.0. The van der Waals surface area contributed by atoms with Gasteiger partial charge in [0.1, 0.15) is 24.8 Å². The molecular formula is C35H51Br2N5O. The second-order valence-electron chi connectivity index (χ2n) is 14.3. The monoisotopic (exact) mass is 715 g/mol. The first-order valence-electron chi connectivity index (χ1n) is 15.0. The standard InChI is InChI=1S/C32H43N5.C3H8O.2BrH/c1-21(2)34-11-13-36(19-34)27-17-23(31(5,6)7)15-25-26-16-24(32(8,9)10)18-28(30(26)33-29(25)27)37-14-12-35(20-37)22(3)4;1-3(2)4;;/h11-22,33H,1-10H3;3-4H,1-2H3;2*1H/q+2;;;/p-2. The summed E-state index contributed by atoms with van der Waals surface area (Å²) >= 11 is 0. The fraction of sp³-hybridized carbons (Fsp3) is 0.486. The van der Waals surface area contributed by atoms with Gasteiger partial charge in [-0.1, -0.05) is 41.5 Å². The molecule has 0 aliphatic rings. The lowest BCUT2D eigenvalue weighted by Crippen LogP contribution is -3.00. The normalized spacial score (nSPS) is 12.1. The van der Waals surface area contributed by atoms with Gasteiger partial charge in [0, 0.05) is 16.9 Å². The van der Waals surface area contributed by atoms with Crippen LogP contribution in [0.25, 0.3) is 33.2 Å². The molecule has 0 aliphatic heterocycles. The van der Waals surface area contributed by atoms with E-state index < -0.39 is 0 Å². The highest BCUT2D eigenvalue weighted by atomic mass is 79.9. The average Bonchev–Trinajstić information content (AvgIpc) is 3.59. The Morgan fingerprint density at radius 3 is 1.21 bits per heavy atom. The van der Waals surface area contributed by atoms with Gasteiger partial charge < -0.3 is 44.1 Å². The molecule has 0 spiro atoms. The molecule has 0 unspecified atom stereocenters. The molecule has 0 saturated heterocycles. The fourth-order valence-corrected chi connectivity index (χ4v) is 4.97. The summed E-state index contributed by atoms with van der Waals surface area (Å²) in [5, 5.41) is 10.6. The molecule has 2 aromatic carbocycles. The number of aromatic nitrogens is 5. The maximum Gasteiger partial charge on any atom is 0.249 e. The van der Waals surface area contributed by atoms with E-state index in [2.05, 4.69) is 154 Å². The lowest BCUT2D eigenvalue weighted by molar-refractivity contribution is -0.715. The molecule has 5 rings (SSSR count). The van der Waals surface area contributed by atoms with Gasteiger partial charge in [-0.25, -0.2) is 18.3 Å². The highest BCUT2D eigenvalue weighted by Crippen LogP contribution is 2.39. The molecular weight excluding hydrogens is 666 g/mol. The number of halogens is 2. The molecule has 0 radical (unpaired) electrons. The van der Waals surface area contributed by atoms with Crippen LogP contribution in [0.2, 0.25) is 0 Å². The minimum Gasteiger partial charge on any atom is -1.00 e. The zero-order valence-electron chi connectivity index (χ0n) is 28.0. The summed E-state index contributed by atoms with van der Waals surface area (Å²) in [5.41, 5.74) is 7.44. The highest BCUT2D eigenvalue weighted by Gasteiger charge is 2.26. The van der Waals surface area contributed by atoms with Gasteiger partial charge in [0.25, 0.3) is 0 Å². The van der Waals surface area contributed by atoms with Gasteiger partial charge >= 0.3 is 0 Å². The first-order chi connectivity index (χ1) is 19.0. The Balaban J connectivity index is 0.00000101.